The van der Waals surface area contributed by atoms with Crippen molar-refractivity contribution in [2.45, 2.75) is 87.1 Å². The number of thioether (sulfide) groups is 1. The molecular formula is C25H45NO3S. The lowest BCUT2D eigenvalue weighted by Crippen LogP contribution is -2.41. The Balaban J connectivity index is -0.000000480. The van der Waals surface area contributed by atoms with Crippen LogP contribution in [0.5, 0.6) is 0 Å². The van der Waals surface area contributed by atoms with E-state index in [2.05, 4.69) is 63.9 Å². The van der Waals surface area contributed by atoms with Crippen molar-refractivity contribution in [1.82, 2.24) is 5.32 Å². The van der Waals surface area contributed by atoms with Gasteiger partial charge in [0, 0.05) is 18.4 Å². The second kappa shape index (κ2) is 21.9. The highest BCUT2D eigenvalue weighted by Crippen LogP contribution is 2.07. The average molecular weight is 440 g/mol. The Bertz CT molecular complexity index is 573. The van der Waals surface area contributed by atoms with Crippen molar-refractivity contribution in [3.63, 3.8) is 0 Å². The Labute approximate surface area is 190 Å². The quantitative estimate of drug-likeness (QED) is 0.241. The van der Waals surface area contributed by atoms with Gasteiger partial charge in [-0.2, -0.15) is 11.8 Å². The number of rotatable bonds is 13. The molecule has 1 amide bonds. The summed E-state index contributed by atoms with van der Waals surface area (Å²) < 4.78 is 0. The molecule has 0 aliphatic carbocycles. The van der Waals surface area contributed by atoms with Crippen LogP contribution in [0.25, 0.3) is 0 Å². The second-order valence-corrected chi connectivity index (χ2v) is 8.43. The van der Waals surface area contributed by atoms with E-state index in [-0.39, 0.29) is 13.3 Å². The Morgan fingerprint density at radius 1 is 1.03 bits per heavy atom. The number of aliphatic carboxylic acids is 1. The van der Waals surface area contributed by atoms with Gasteiger partial charge in [0.05, 0.1) is 0 Å². The average Bonchev–Trinajstić information content (AvgIpc) is 2.62. The number of hydrogen-bond acceptors (Lipinski definition) is 3. The van der Waals surface area contributed by atoms with Crippen LogP contribution in [-0.4, -0.2) is 34.5 Å². The normalized spacial score (nSPS) is 11.6. The van der Waals surface area contributed by atoms with Crippen molar-refractivity contribution in [2.75, 3.05) is 11.5 Å². The molecule has 1 atom stereocenters. The van der Waals surface area contributed by atoms with E-state index in [1.54, 1.807) is 0 Å². The summed E-state index contributed by atoms with van der Waals surface area (Å²) in [5, 5.41) is 11.2. The van der Waals surface area contributed by atoms with E-state index in [0.29, 0.717) is 5.75 Å². The van der Waals surface area contributed by atoms with E-state index in [9.17, 15) is 9.59 Å². The summed E-state index contributed by atoms with van der Waals surface area (Å²) in [6.45, 7) is 15.7. The molecule has 0 spiro atoms. The maximum Gasteiger partial charge on any atom is 0.327 e. The van der Waals surface area contributed by atoms with E-state index >= 15 is 0 Å². The van der Waals surface area contributed by atoms with Gasteiger partial charge >= 0.3 is 5.97 Å². The fourth-order valence-electron chi connectivity index (χ4n) is 1.99. The van der Waals surface area contributed by atoms with E-state index in [1.807, 2.05) is 6.92 Å². The summed E-state index contributed by atoms with van der Waals surface area (Å²) in [4.78, 5) is 21.5. The molecule has 0 rings (SSSR count). The highest BCUT2D eigenvalue weighted by atomic mass is 32.2. The third-order valence-electron chi connectivity index (χ3n) is 3.86. The fraction of sp³-hybridized carbons (Fsp3) is 0.600. The zero-order valence-electron chi connectivity index (χ0n) is 19.2. The molecule has 30 heavy (non-hydrogen) atoms. The lowest BCUT2D eigenvalue weighted by atomic mass is 10.1. The van der Waals surface area contributed by atoms with Crippen LogP contribution < -0.4 is 5.32 Å². The molecule has 2 N–H and O–H groups in total. The minimum atomic E-state index is -0.987. The number of unbranched alkanes of at least 4 members (excludes halogenated alkanes) is 1. The van der Waals surface area contributed by atoms with Crippen LogP contribution in [0.3, 0.4) is 0 Å². The molecule has 0 bridgehead atoms. The van der Waals surface area contributed by atoms with Crippen LogP contribution in [0.1, 0.15) is 81.1 Å². The van der Waals surface area contributed by atoms with E-state index < -0.39 is 12.0 Å². The number of amides is 1. The van der Waals surface area contributed by atoms with Gasteiger partial charge in [-0.1, -0.05) is 55.4 Å². The van der Waals surface area contributed by atoms with Crippen LogP contribution in [0.15, 0.2) is 47.6 Å². The van der Waals surface area contributed by atoms with Gasteiger partial charge in [-0.25, -0.2) is 4.79 Å². The monoisotopic (exact) mass is 439 g/mol. The number of carbonyl (C=O) groups excluding carboxylic acids is 1. The van der Waals surface area contributed by atoms with Crippen LogP contribution >= 0.6 is 11.8 Å². The lowest BCUT2D eigenvalue weighted by molar-refractivity contribution is -0.140. The second-order valence-electron chi connectivity index (χ2n) is 7.36. The summed E-state index contributed by atoms with van der Waals surface area (Å²) in [6.07, 6.45) is 14.5. The van der Waals surface area contributed by atoms with Crippen LogP contribution in [0.2, 0.25) is 0 Å². The number of hydrogen-bond donors (Lipinski definition) is 2. The Morgan fingerprint density at radius 3 is 2.10 bits per heavy atom. The lowest BCUT2D eigenvalue weighted by Gasteiger charge is -2.11. The largest absolute Gasteiger partial charge is 0.480 e. The summed E-state index contributed by atoms with van der Waals surface area (Å²) in [5.41, 5.74) is 3.98. The van der Waals surface area contributed by atoms with E-state index in [1.165, 1.54) is 48.2 Å². The van der Waals surface area contributed by atoms with Gasteiger partial charge in [0.15, 0.2) is 0 Å². The first-order chi connectivity index (χ1) is 13.6. The molecule has 5 heteroatoms. The molecule has 0 saturated heterocycles. The smallest absolute Gasteiger partial charge is 0.327 e. The van der Waals surface area contributed by atoms with Crippen molar-refractivity contribution < 1.29 is 14.7 Å². The SMILES string of the molecule is C.C=C(C)CC/C=C/CCC=C(C)C.CC/C(C)=C/CSCC(NC(C)=O)C(=O)O. The van der Waals surface area contributed by atoms with Gasteiger partial charge in [0.2, 0.25) is 5.91 Å². The molecule has 0 saturated carbocycles. The summed E-state index contributed by atoms with van der Waals surface area (Å²) in [6, 6.07) is -0.794. The molecule has 0 radical (unpaired) electrons. The van der Waals surface area contributed by atoms with E-state index in [4.69, 9.17) is 5.11 Å². The molecule has 174 valence electrons. The van der Waals surface area contributed by atoms with Crippen LogP contribution in [0, 0.1) is 0 Å². The van der Waals surface area contributed by atoms with Crippen molar-refractivity contribution in [3.05, 3.63) is 47.6 Å². The summed E-state index contributed by atoms with van der Waals surface area (Å²) in [5.74, 6) is -0.127. The zero-order valence-corrected chi connectivity index (χ0v) is 20.0. The number of carboxylic acid groups (broad SMARTS) is 1. The third-order valence-corrected chi connectivity index (χ3v) is 4.83. The molecule has 0 aliphatic rings. The predicted molar refractivity (Wildman–Crippen MR) is 135 cm³/mol. The highest BCUT2D eigenvalue weighted by Gasteiger charge is 2.17. The molecule has 0 aromatic rings. The summed E-state index contributed by atoms with van der Waals surface area (Å²) in [7, 11) is 0. The van der Waals surface area contributed by atoms with Gasteiger partial charge < -0.3 is 10.4 Å². The molecule has 0 fully saturated rings. The first-order valence-electron chi connectivity index (χ1n) is 10.3. The Hall–Kier alpha value is -1.75. The van der Waals surface area contributed by atoms with Crippen molar-refractivity contribution in [2.24, 2.45) is 0 Å². The van der Waals surface area contributed by atoms with Crippen molar-refractivity contribution >= 4 is 23.6 Å². The van der Waals surface area contributed by atoms with Crippen LogP contribution in [-0.2, 0) is 9.59 Å². The number of carboxylic acids is 1. The minimum Gasteiger partial charge on any atom is -0.480 e. The van der Waals surface area contributed by atoms with Gasteiger partial charge in [-0.15, -0.1) is 6.58 Å². The van der Waals surface area contributed by atoms with E-state index in [0.717, 1.165) is 25.0 Å². The third kappa shape index (κ3) is 26.2. The van der Waals surface area contributed by atoms with Crippen LogP contribution in [0.4, 0.5) is 0 Å². The Morgan fingerprint density at radius 2 is 1.63 bits per heavy atom. The molecule has 4 nitrogen and oxygen atoms in total. The highest BCUT2D eigenvalue weighted by molar-refractivity contribution is 7.99. The van der Waals surface area contributed by atoms with Crippen molar-refractivity contribution in [1.29, 1.82) is 0 Å². The number of allylic oxidation sites excluding steroid dienone is 6. The summed E-state index contributed by atoms with van der Waals surface area (Å²) >= 11 is 1.50. The first kappa shape index (κ1) is 32.9. The van der Waals surface area contributed by atoms with Gasteiger partial charge in [0.25, 0.3) is 0 Å². The first-order valence-corrected chi connectivity index (χ1v) is 11.4. The number of carbonyl (C=O) groups is 2. The number of nitrogens with one attached hydrogen (secondary N) is 1. The van der Waals surface area contributed by atoms with Gasteiger partial charge in [0.1, 0.15) is 6.04 Å². The molecule has 0 aromatic carbocycles. The topological polar surface area (TPSA) is 66.4 Å². The molecule has 0 heterocycles. The molecule has 0 aliphatic heterocycles. The molecule has 1 unspecified atom stereocenters. The van der Waals surface area contributed by atoms with Gasteiger partial charge in [-0.3, -0.25) is 4.79 Å². The van der Waals surface area contributed by atoms with Gasteiger partial charge in [-0.05, 0) is 59.8 Å². The fourth-order valence-corrected chi connectivity index (χ4v) is 2.99. The van der Waals surface area contributed by atoms with Crippen molar-refractivity contribution in [3.8, 4) is 0 Å². The zero-order chi connectivity index (χ0) is 22.7. The maximum absolute atomic E-state index is 10.8. The Kier molecular flexibility index (Phi) is 24.1. The standard InChI is InChI=1S/C13H22.C11H19NO3S.CH4/c1-12(2)10-8-6-5-7-9-11-13(3)4;1-4-8(2)5-6-16-7-10(11(14)15)12-9(3)13;/h5-6,11H,1,7-10H2,2-4H3;5,10H,4,6-7H2,1-3H3,(H,12,13)(H,14,15);1H4/b6-5+;8-5+;. The minimum absolute atomic E-state index is 0. The maximum atomic E-state index is 10.8. The molecule has 0 aromatic heterocycles. The predicted octanol–water partition coefficient (Wildman–Crippen LogP) is 6.95. The molecular weight excluding hydrogens is 394 g/mol.